The number of alkyl halides is 3. The molecule has 7 nitrogen and oxygen atoms in total. The van der Waals surface area contributed by atoms with Crippen molar-refractivity contribution in [2.24, 2.45) is 0 Å². The van der Waals surface area contributed by atoms with Crippen molar-refractivity contribution < 1.29 is 41.1 Å². The molecule has 0 bridgehead atoms. The van der Waals surface area contributed by atoms with Gasteiger partial charge in [-0.05, 0) is 45.0 Å². The zero-order chi connectivity index (χ0) is 25.4. The van der Waals surface area contributed by atoms with Gasteiger partial charge in [0.15, 0.2) is 10.8 Å². The lowest BCUT2D eigenvalue weighted by atomic mass is 10.1. The van der Waals surface area contributed by atoms with Crippen molar-refractivity contribution in [2.75, 3.05) is 0 Å². The molecule has 0 spiro atoms. The number of aliphatic hydroxyl groups excluding tert-OH is 1. The summed E-state index contributed by atoms with van der Waals surface area (Å²) in [5, 5.41) is 22.1. The largest absolute Gasteiger partial charge is 0.475 e. The third-order valence-electron chi connectivity index (χ3n) is 4.68. The van der Waals surface area contributed by atoms with E-state index in [1.54, 1.807) is 26.8 Å². The second kappa shape index (κ2) is 9.23. The van der Waals surface area contributed by atoms with E-state index >= 15 is 0 Å². The van der Waals surface area contributed by atoms with Gasteiger partial charge in [-0.15, -0.1) is 0 Å². The number of nitriles is 1. The third kappa shape index (κ3) is 5.66. The first-order valence-corrected chi connectivity index (χ1v) is 11.1. The van der Waals surface area contributed by atoms with E-state index < -0.39 is 50.9 Å². The van der Waals surface area contributed by atoms with Crippen LogP contribution in [0.4, 0.5) is 22.4 Å². The van der Waals surface area contributed by atoms with Gasteiger partial charge in [0.05, 0.1) is 28.7 Å². The standard InChI is InChI=1S/C22H20F4N2O5S/c1-21(2,3)33-20(30)28-14-9-15(29)19-17(34(31)22(24,25)26)5-4-16(18(14)19)32-13-7-11(10-27)6-12(23)8-13/h4-8,14-15,29H,9H2,1-3H3,(H,28,30)/t14-,15?,34?/m0/s1. The maximum Gasteiger partial charge on any atom is 0.475 e. The topological polar surface area (TPSA) is 109 Å². The fraction of sp³-hybridized carbons (Fsp3) is 0.364. The van der Waals surface area contributed by atoms with Crippen LogP contribution in [-0.2, 0) is 15.5 Å². The molecule has 0 aromatic heterocycles. The third-order valence-corrected chi connectivity index (χ3v) is 5.85. The summed E-state index contributed by atoms with van der Waals surface area (Å²) in [6.07, 6.45) is -2.66. The molecule has 0 heterocycles. The van der Waals surface area contributed by atoms with Crippen molar-refractivity contribution in [1.82, 2.24) is 5.32 Å². The normalized spacial score (nSPS) is 18.6. The van der Waals surface area contributed by atoms with E-state index in [2.05, 4.69) is 5.32 Å². The van der Waals surface area contributed by atoms with Crippen molar-refractivity contribution in [3.63, 3.8) is 0 Å². The number of ether oxygens (including phenoxy) is 2. The molecule has 0 saturated heterocycles. The van der Waals surface area contributed by atoms with Gasteiger partial charge >= 0.3 is 11.6 Å². The summed E-state index contributed by atoms with van der Waals surface area (Å²) in [5.74, 6) is -1.05. The highest BCUT2D eigenvalue weighted by Gasteiger charge is 2.44. The maximum absolute atomic E-state index is 13.9. The molecule has 0 fully saturated rings. The van der Waals surface area contributed by atoms with Gasteiger partial charge in [0, 0.05) is 23.6 Å². The molecule has 12 heteroatoms. The van der Waals surface area contributed by atoms with Crippen LogP contribution < -0.4 is 10.1 Å². The van der Waals surface area contributed by atoms with Crippen LogP contribution in [0.2, 0.25) is 0 Å². The molecule has 2 unspecified atom stereocenters. The second-order valence-electron chi connectivity index (χ2n) is 8.44. The van der Waals surface area contributed by atoms with Crippen LogP contribution in [0.25, 0.3) is 0 Å². The summed E-state index contributed by atoms with van der Waals surface area (Å²) >= 11 is 0. The lowest BCUT2D eigenvalue weighted by Crippen LogP contribution is -2.34. The summed E-state index contributed by atoms with van der Waals surface area (Å²) in [6, 6.07) is 5.78. The van der Waals surface area contributed by atoms with Gasteiger partial charge in [0.1, 0.15) is 22.9 Å². The van der Waals surface area contributed by atoms with Crippen LogP contribution in [0.3, 0.4) is 0 Å². The number of carbonyl (C=O) groups is 1. The van der Waals surface area contributed by atoms with Crippen LogP contribution in [0.1, 0.15) is 56.0 Å². The Kier molecular flexibility index (Phi) is 6.91. The summed E-state index contributed by atoms with van der Waals surface area (Å²) < 4.78 is 76.5. The molecule has 0 radical (unpaired) electrons. The molecule has 3 atom stereocenters. The van der Waals surface area contributed by atoms with Gasteiger partial charge in [-0.2, -0.15) is 18.4 Å². The second-order valence-corrected chi connectivity index (χ2v) is 9.88. The number of hydrogen-bond acceptors (Lipinski definition) is 6. The number of nitrogens with zero attached hydrogens (tertiary/aromatic N) is 1. The summed E-state index contributed by atoms with van der Waals surface area (Å²) in [7, 11) is -3.47. The van der Waals surface area contributed by atoms with Gasteiger partial charge in [-0.3, -0.25) is 0 Å². The Morgan fingerprint density at radius 1 is 1.21 bits per heavy atom. The van der Waals surface area contributed by atoms with Crippen LogP contribution in [0.5, 0.6) is 11.5 Å². The summed E-state index contributed by atoms with van der Waals surface area (Å²) in [5.41, 5.74) is -6.41. The smallest absolute Gasteiger partial charge is 0.457 e. The maximum atomic E-state index is 13.9. The van der Waals surface area contributed by atoms with E-state index in [9.17, 15) is 31.7 Å². The van der Waals surface area contributed by atoms with Crippen LogP contribution in [-0.4, -0.2) is 26.5 Å². The van der Waals surface area contributed by atoms with E-state index in [4.69, 9.17) is 14.7 Å². The highest BCUT2D eigenvalue weighted by atomic mass is 32.2. The molecule has 3 rings (SSSR count). The number of aliphatic hydroxyl groups is 1. The van der Waals surface area contributed by atoms with E-state index in [-0.39, 0.29) is 34.6 Å². The summed E-state index contributed by atoms with van der Waals surface area (Å²) in [6.45, 7) is 4.83. The molecule has 1 amide bonds. The molecule has 2 aromatic carbocycles. The van der Waals surface area contributed by atoms with E-state index in [1.807, 2.05) is 0 Å². The highest BCUT2D eigenvalue weighted by molar-refractivity contribution is 7.86. The minimum absolute atomic E-state index is 0.0590. The zero-order valence-corrected chi connectivity index (χ0v) is 19.0. The molecule has 1 aliphatic rings. The quantitative estimate of drug-likeness (QED) is 0.564. The lowest BCUT2D eigenvalue weighted by Gasteiger charge is -2.23. The Labute approximate surface area is 194 Å². The summed E-state index contributed by atoms with van der Waals surface area (Å²) in [4.78, 5) is 11.6. The minimum Gasteiger partial charge on any atom is -0.457 e. The van der Waals surface area contributed by atoms with Crippen molar-refractivity contribution in [3.05, 3.63) is 52.8 Å². The number of halogens is 4. The minimum atomic E-state index is -5.10. The Hall–Kier alpha value is -3.17. The zero-order valence-electron chi connectivity index (χ0n) is 18.2. The number of benzene rings is 2. The van der Waals surface area contributed by atoms with E-state index in [0.29, 0.717) is 0 Å². The van der Waals surface area contributed by atoms with E-state index in [1.165, 1.54) is 6.07 Å². The predicted octanol–water partition coefficient (Wildman–Crippen LogP) is 5.12. The number of hydrogen-bond donors (Lipinski definition) is 2. The molecular weight excluding hydrogens is 480 g/mol. The van der Waals surface area contributed by atoms with Crippen molar-refractivity contribution in [1.29, 1.82) is 5.26 Å². The lowest BCUT2D eigenvalue weighted by molar-refractivity contribution is -0.0385. The Morgan fingerprint density at radius 3 is 2.47 bits per heavy atom. The van der Waals surface area contributed by atoms with Crippen LogP contribution >= 0.6 is 0 Å². The number of fused-ring (bicyclic) bond motifs is 1. The predicted molar refractivity (Wildman–Crippen MR) is 112 cm³/mol. The molecule has 34 heavy (non-hydrogen) atoms. The number of amides is 1. The Bertz CT molecular complexity index is 1190. The monoisotopic (exact) mass is 500 g/mol. The first-order chi connectivity index (χ1) is 15.7. The van der Waals surface area contributed by atoms with Crippen LogP contribution in [0, 0.1) is 17.1 Å². The van der Waals surface area contributed by atoms with E-state index in [0.717, 1.165) is 24.3 Å². The first-order valence-electron chi connectivity index (χ1n) is 9.91. The molecule has 2 aromatic rings. The molecule has 2 N–H and O–H groups in total. The molecule has 0 aliphatic heterocycles. The molecule has 0 saturated carbocycles. The fourth-order valence-electron chi connectivity index (χ4n) is 3.53. The average Bonchev–Trinajstić information content (AvgIpc) is 3.01. The van der Waals surface area contributed by atoms with Crippen molar-refractivity contribution in [3.8, 4) is 17.6 Å². The van der Waals surface area contributed by atoms with Gasteiger partial charge < -0.3 is 19.9 Å². The number of rotatable bonds is 4. The molecular formula is C22H20F4N2O5S. The molecule has 182 valence electrons. The van der Waals surface area contributed by atoms with Crippen molar-refractivity contribution in [2.45, 2.75) is 55.3 Å². The number of alkyl carbamates (subject to hydrolysis) is 1. The highest BCUT2D eigenvalue weighted by Crippen LogP contribution is 2.48. The first kappa shape index (κ1) is 25.5. The fourth-order valence-corrected chi connectivity index (χ4v) is 4.41. The van der Waals surface area contributed by atoms with Gasteiger partial charge in [-0.1, -0.05) is 0 Å². The van der Waals surface area contributed by atoms with Gasteiger partial charge in [0.2, 0.25) is 0 Å². The average molecular weight is 500 g/mol. The SMILES string of the molecule is CC(C)(C)OC(=O)N[C@H]1CC(O)c2c(S(=O)C(F)(F)F)ccc(Oc3cc(F)cc(C#N)c3)c21. The Morgan fingerprint density at radius 2 is 1.88 bits per heavy atom. The number of nitrogens with one attached hydrogen (secondary N) is 1. The van der Waals surface area contributed by atoms with Crippen LogP contribution in [0.15, 0.2) is 35.2 Å². The van der Waals surface area contributed by atoms with Crippen molar-refractivity contribution >= 4 is 16.9 Å². The Balaban J connectivity index is 2.11. The molecule has 1 aliphatic carbocycles. The number of carbonyl (C=O) groups excluding carboxylic acids is 1. The van der Waals surface area contributed by atoms with Gasteiger partial charge in [-0.25, -0.2) is 13.4 Å². The van der Waals surface area contributed by atoms with Gasteiger partial charge in [0.25, 0.3) is 0 Å².